The molecule has 116 valence electrons. The topological polar surface area (TPSA) is 32.7 Å². The molecule has 0 radical (unpaired) electrons. The molecule has 1 saturated carbocycles. The third kappa shape index (κ3) is 3.06. The van der Waals surface area contributed by atoms with Crippen molar-refractivity contribution < 1.29 is 14.2 Å². The van der Waals surface area contributed by atoms with Crippen molar-refractivity contribution in [1.82, 2.24) is 4.90 Å². The first-order chi connectivity index (χ1) is 10.2. The smallest absolute Gasteiger partial charge is 0.165 e. The minimum absolute atomic E-state index is 0.150. The summed E-state index contributed by atoms with van der Waals surface area (Å²) in [6.07, 6.45) is 5.37. The van der Waals surface area contributed by atoms with E-state index in [-0.39, 0.29) is 11.9 Å². The van der Waals surface area contributed by atoms with Crippen molar-refractivity contribution in [2.45, 2.75) is 50.8 Å². The lowest BCUT2D eigenvalue weighted by Gasteiger charge is -2.31. The lowest BCUT2D eigenvalue weighted by Crippen LogP contribution is -2.38. The number of aliphatic hydroxyl groups is 1. The Kier molecular flexibility index (Phi) is 4.45. The summed E-state index contributed by atoms with van der Waals surface area (Å²) in [5, 5.41) is 10.1. The molecule has 1 N–H and O–H groups in total. The molecule has 4 heteroatoms. The van der Waals surface area contributed by atoms with Crippen molar-refractivity contribution in [2.24, 2.45) is 5.92 Å². The van der Waals surface area contributed by atoms with Crippen molar-refractivity contribution in [3.05, 3.63) is 29.6 Å². The minimum atomic E-state index is -0.299. The number of rotatable bonds is 4. The van der Waals surface area contributed by atoms with Crippen LogP contribution in [0.5, 0.6) is 5.75 Å². The van der Waals surface area contributed by atoms with Crippen LogP contribution in [0.2, 0.25) is 0 Å². The van der Waals surface area contributed by atoms with Crippen LogP contribution >= 0.6 is 0 Å². The molecule has 1 aromatic carbocycles. The molecule has 21 heavy (non-hydrogen) atoms. The van der Waals surface area contributed by atoms with E-state index in [1.165, 1.54) is 13.5 Å². The van der Waals surface area contributed by atoms with Gasteiger partial charge in [-0.2, -0.15) is 0 Å². The molecule has 0 amide bonds. The Morgan fingerprint density at radius 3 is 2.81 bits per heavy atom. The van der Waals surface area contributed by atoms with Crippen molar-refractivity contribution in [3.63, 3.8) is 0 Å². The van der Waals surface area contributed by atoms with Gasteiger partial charge in [-0.15, -0.1) is 0 Å². The summed E-state index contributed by atoms with van der Waals surface area (Å²) in [4.78, 5) is 2.42. The monoisotopic (exact) mass is 293 g/mol. The van der Waals surface area contributed by atoms with Gasteiger partial charge in [0.05, 0.1) is 13.2 Å². The zero-order valence-electron chi connectivity index (χ0n) is 12.6. The predicted octanol–water partition coefficient (Wildman–Crippen LogP) is 2.96. The summed E-state index contributed by atoms with van der Waals surface area (Å²) in [5.74, 6) is 0.394. The Labute approximate surface area is 125 Å². The van der Waals surface area contributed by atoms with Gasteiger partial charge in [-0.1, -0.05) is 12.5 Å². The molecule has 1 aliphatic heterocycles. The molecular weight excluding hydrogens is 269 g/mol. The first kappa shape index (κ1) is 14.8. The van der Waals surface area contributed by atoms with Crippen molar-refractivity contribution in [2.75, 3.05) is 13.7 Å². The number of methoxy groups -OCH3 is 1. The van der Waals surface area contributed by atoms with Gasteiger partial charge in [0, 0.05) is 18.5 Å². The summed E-state index contributed by atoms with van der Waals surface area (Å²) in [7, 11) is 1.48. The molecule has 2 fully saturated rings. The number of nitrogens with zero attached hydrogens (tertiary/aromatic N) is 1. The van der Waals surface area contributed by atoms with Gasteiger partial charge in [0.15, 0.2) is 11.6 Å². The highest BCUT2D eigenvalue weighted by molar-refractivity contribution is 5.29. The maximum absolute atomic E-state index is 13.8. The zero-order valence-corrected chi connectivity index (χ0v) is 12.6. The molecular formula is C17H24FNO2. The van der Waals surface area contributed by atoms with E-state index in [0.717, 1.165) is 44.3 Å². The van der Waals surface area contributed by atoms with Crippen LogP contribution in [0.3, 0.4) is 0 Å². The van der Waals surface area contributed by atoms with E-state index >= 15 is 0 Å². The molecule has 1 aromatic rings. The Morgan fingerprint density at radius 2 is 2.14 bits per heavy atom. The molecule has 3 unspecified atom stereocenters. The predicted molar refractivity (Wildman–Crippen MR) is 79.7 cm³/mol. The lowest BCUT2D eigenvalue weighted by atomic mass is 9.94. The molecule has 1 heterocycles. The number of likely N-dealkylation sites (tertiary alicyclic amines) is 1. The average Bonchev–Trinajstić information content (AvgIpc) is 3.07. The number of halogens is 1. The summed E-state index contributed by atoms with van der Waals surface area (Å²) >= 11 is 0. The van der Waals surface area contributed by atoms with E-state index in [1.807, 2.05) is 6.07 Å². The van der Waals surface area contributed by atoms with Crippen LogP contribution in [0, 0.1) is 11.7 Å². The SMILES string of the molecule is COc1ccc(CN2CCCC2C2CCCC2O)cc1F. The fraction of sp³-hybridized carbons (Fsp3) is 0.647. The van der Waals surface area contributed by atoms with Crippen LogP contribution in [0.4, 0.5) is 4.39 Å². The maximum atomic E-state index is 13.8. The first-order valence-corrected chi connectivity index (χ1v) is 7.93. The third-order valence-electron chi connectivity index (χ3n) is 5.04. The van der Waals surface area contributed by atoms with Gasteiger partial charge in [-0.25, -0.2) is 4.39 Å². The molecule has 0 spiro atoms. The van der Waals surface area contributed by atoms with Crippen molar-refractivity contribution >= 4 is 0 Å². The van der Waals surface area contributed by atoms with Crippen LogP contribution in [0.1, 0.15) is 37.7 Å². The molecule has 3 nitrogen and oxygen atoms in total. The lowest BCUT2D eigenvalue weighted by molar-refractivity contribution is 0.0718. The van der Waals surface area contributed by atoms with Crippen LogP contribution in [-0.4, -0.2) is 35.8 Å². The van der Waals surface area contributed by atoms with Crippen molar-refractivity contribution in [3.8, 4) is 5.75 Å². The summed E-state index contributed by atoms with van der Waals surface area (Å²) in [6.45, 7) is 1.80. The Bertz CT molecular complexity index is 494. The van der Waals surface area contributed by atoms with Gasteiger partial charge in [0.1, 0.15) is 0 Å². The Balaban J connectivity index is 1.70. The second-order valence-electron chi connectivity index (χ2n) is 6.31. The standard InChI is InChI=1S/C17H24FNO2/c1-21-17-8-7-12(10-14(17)18)11-19-9-3-5-15(19)13-4-2-6-16(13)20/h7-8,10,13,15-16,20H,2-6,9,11H2,1H3. The van der Waals surface area contributed by atoms with Gasteiger partial charge in [0.2, 0.25) is 0 Å². The number of ether oxygens (including phenoxy) is 1. The van der Waals surface area contributed by atoms with Crippen molar-refractivity contribution in [1.29, 1.82) is 0 Å². The van der Waals surface area contributed by atoms with E-state index in [0.29, 0.717) is 17.7 Å². The number of hydrogen-bond donors (Lipinski definition) is 1. The highest BCUT2D eigenvalue weighted by atomic mass is 19.1. The minimum Gasteiger partial charge on any atom is -0.494 e. The first-order valence-electron chi connectivity index (χ1n) is 7.93. The number of hydrogen-bond acceptors (Lipinski definition) is 3. The summed E-state index contributed by atoms with van der Waals surface area (Å²) in [5.41, 5.74) is 0.979. The van der Waals surface area contributed by atoms with Crippen LogP contribution < -0.4 is 4.74 Å². The fourth-order valence-corrected chi connectivity index (χ4v) is 3.99. The van der Waals surface area contributed by atoms with E-state index in [1.54, 1.807) is 12.1 Å². The molecule has 3 atom stereocenters. The number of aliphatic hydroxyl groups excluding tert-OH is 1. The summed E-state index contributed by atoms with van der Waals surface area (Å²) < 4.78 is 18.8. The van der Waals surface area contributed by atoms with Crippen LogP contribution in [0.25, 0.3) is 0 Å². The normalized spacial score (nSPS) is 30.0. The van der Waals surface area contributed by atoms with Crippen LogP contribution in [-0.2, 0) is 6.54 Å². The summed E-state index contributed by atoms with van der Waals surface area (Å²) in [6, 6.07) is 5.65. The zero-order chi connectivity index (χ0) is 14.8. The molecule has 0 aromatic heterocycles. The second kappa shape index (κ2) is 6.32. The molecule has 1 aliphatic carbocycles. The van der Waals surface area contributed by atoms with E-state index < -0.39 is 0 Å². The highest BCUT2D eigenvalue weighted by Gasteiger charge is 2.38. The second-order valence-corrected chi connectivity index (χ2v) is 6.31. The largest absolute Gasteiger partial charge is 0.494 e. The highest BCUT2D eigenvalue weighted by Crippen LogP contribution is 2.36. The van der Waals surface area contributed by atoms with E-state index in [9.17, 15) is 9.50 Å². The van der Waals surface area contributed by atoms with E-state index in [2.05, 4.69) is 4.90 Å². The maximum Gasteiger partial charge on any atom is 0.165 e. The quantitative estimate of drug-likeness (QED) is 0.926. The number of benzene rings is 1. The Hall–Kier alpha value is -1.13. The molecule has 1 saturated heterocycles. The molecule has 2 aliphatic rings. The van der Waals surface area contributed by atoms with Gasteiger partial charge >= 0.3 is 0 Å². The van der Waals surface area contributed by atoms with Gasteiger partial charge < -0.3 is 9.84 Å². The van der Waals surface area contributed by atoms with Gasteiger partial charge in [0.25, 0.3) is 0 Å². The third-order valence-corrected chi connectivity index (χ3v) is 5.04. The van der Waals surface area contributed by atoms with Crippen LogP contribution in [0.15, 0.2) is 18.2 Å². The van der Waals surface area contributed by atoms with Gasteiger partial charge in [-0.3, -0.25) is 4.90 Å². The molecule has 0 bridgehead atoms. The van der Waals surface area contributed by atoms with E-state index in [4.69, 9.17) is 4.74 Å². The fourth-order valence-electron chi connectivity index (χ4n) is 3.99. The molecule has 3 rings (SSSR count). The average molecular weight is 293 g/mol. The van der Waals surface area contributed by atoms with Gasteiger partial charge in [-0.05, 0) is 49.9 Å². The Morgan fingerprint density at radius 1 is 1.29 bits per heavy atom.